The van der Waals surface area contributed by atoms with Crippen LogP contribution < -0.4 is 5.73 Å². The summed E-state index contributed by atoms with van der Waals surface area (Å²) in [6.07, 6.45) is 0. The quantitative estimate of drug-likeness (QED) is 0.771. The molecule has 0 unspecified atom stereocenters. The second-order valence-corrected chi connectivity index (χ2v) is 8.46. The number of rotatable bonds is 2. The molecule has 1 atom stereocenters. The third kappa shape index (κ3) is 5.21. The van der Waals surface area contributed by atoms with Crippen LogP contribution in [0.5, 0.6) is 0 Å². The number of thioether (sulfide) groups is 1. The highest BCUT2D eigenvalue weighted by Gasteiger charge is 2.25. The first kappa shape index (κ1) is 17.8. The monoisotopic (exact) mass is 287 g/mol. The molecule has 0 spiro atoms. The zero-order valence-corrected chi connectivity index (χ0v) is 13.9. The maximum absolute atomic E-state index is 6.38. The number of hydrogen-bond donors (Lipinski definition) is 1. The molecule has 1 aromatic rings. The first-order valence-corrected chi connectivity index (χ1v) is 6.96. The van der Waals surface area contributed by atoms with Gasteiger partial charge in [-0.2, -0.15) is 0 Å². The van der Waals surface area contributed by atoms with Gasteiger partial charge in [0, 0.05) is 15.7 Å². The summed E-state index contributed by atoms with van der Waals surface area (Å²) in [5, 5.41) is 0. The van der Waals surface area contributed by atoms with Gasteiger partial charge in [0.05, 0.1) is 0 Å². The molecule has 0 amide bonds. The molecule has 3 heteroatoms. The Balaban J connectivity index is 0.00000289. The van der Waals surface area contributed by atoms with E-state index in [1.54, 1.807) is 0 Å². The fraction of sp³-hybridized carbons (Fsp3) is 0.600. The molecule has 0 aromatic heterocycles. The van der Waals surface area contributed by atoms with Crippen molar-refractivity contribution < 1.29 is 0 Å². The minimum absolute atomic E-state index is 0. The molecule has 0 fully saturated rings. The lowest BCUT2D eigenvalue weighted by Crippen LogP contribution is -2.27. The molecule has 1 aromatic carbocycles. The van der Waals surface area contributed by atoms with Crippen LogP contribution in [-0.2, 0) is 0 Å². The van der Waals surface area contributed by atoms with Gasteiger partial charge in [-0.3, -0.25) is 0 Å². The Labute approximate surface area is 122 Å². The Morgan fingerprint density at radius 1 is 1.00 bits per heavy atom. The van der Waals surface area contributed by atoms with Crippen LogP contribution >= 0.6 is 24.2 Å². The van der Waals surface area contributed by atoms with Crippen LogP contribution in [0.2, 0.25) is 0 Å². The van der Waals surface area contributed by atoms with Gasteiger partial charge < -0.3 is 5.73 Å². The maximum atomic E-state index is 6.38. The molecule has 0 aliphatic rings. The van der Waals surface area contributed by atoms with Crippen LogP contribution in [0.4, 0.5) is 0 Å². The lowest BCUT2D eigenvalue weighted by atomic mass is 9.83. The van der Waals surface area contributed by atoms with Gasteiger partial charge in [0.2, 0.25) is 0 Å². The summed E-state index contributed by atoms with van der Waals surface area (Å²) in [5.41, 5.74) is 7.73. The second-order valence-electron chi connectivity index (χ2n) is 6.60. The second kappa shape index (κ2) is 6.31. The lowest BCUT2D eigenvalue weighted by Gasteiger charge is -2.30. The van der Waals surface area contributed by atoms with Gasteiger partial charge in [0.15, 0.2) is 0 Å². The molecular weight excluding hydrogens is 262 g/mol. The molecule has 104 valence electrons. The predicted octanol–water partition coefficient (Wildman–Crippen LogP) is 5.04. The van der Waals surface area contributed by atoms with E-state index in [1.165, 1.54) is 10.5 Å². The molecule has 0 bridgehead atoms. The summed E-state index contributed by atoms with van der Waals surface area (Å²) in [4.78, 5) is 1.31. The summed E-state index contributed by atoms with van der Waals surface area (Å²) in [6.45, 7) is 13.3. The number of hydrogen-bond acceptors (Lipinski definition) is 2. The summed E-state index contributed by atoms with van der Waals surface area (Å²) < 4.78 is 0.216. The van der Waals surface area contributed by atoms with Crippen molar-refractivity contribution in [1.29, 1.82) is 0 Å². The first-order chi connectivity index (χ1) is 7.61. The Morgan fingerprint density at radius 3 is 1.94 bits per heavy atom. The van der Waals surface area contributed by atoms with Crippen LogP contribution in [0.1, 0.15) is 53.1 Å². The first-order valence-electron chi connectivity index (χ1n) is 6.15. The van der Waals surface area contributed by atoms with Crippen LogP contribution in [0.15, 0.2) is 29.2 Å². The van der Waals surface area contributed by atoms with E-state index in [1.807, 2.05) is 11.8 Å². The SMILES string of the molecule is CC(C)(C)Sc1ccccc1[C@H](N)C(C)(C)C.Cl. The third-order valence-corrected chi connectivity index (χ3v) is 3.81. The standard InChI is InChI=1S/C15H25NS.ClH/c1-14(2,3)13(16)11-9-7-8-10-12(11)17-15(4,5)6;/h7-10,13H,16H2,1-6H3;1H/t13-;/m0./s1. The number of benzene rings is 1. The van der Waals surface area contributed by atoms with Crippen molar-refractivity contribution >= 4 is 24.2 Å². The molecule has 0 aliphatic carbocycles. The van der Waals surface area contributed by atoms with Gasteiger partial charge in [-0.25, -0.2) is 0 Å². The Kier molecular flexibility index (Phi) is 6.25. The van der Waals surface area contributed by atoms with Gasteiger partial charge in [-0.15, -0.1) is 24.2 Å². The minimum Gasteiger partial charge on any atom is -0.323 e. The highest BCUT2D eigenvalue weighted by atomic mass is 35.5. The van der Waals surface area contributed by atoms with E-state index in [0.717, 1.165) is 0 Å². The van der Waals surface area contributed by atoms with E-state index in [-0.39, 0.29) is 28.6 Å². The molecule has 0 aliphatic heterocycles. The van der Waals surface area contributed by atoms with Crippen LogP contribution in [0.25, 0.3) is 0 Å². The van der Waals surface area contributed by atoms with Crippen molar-refractivity contribution in [3.05, 3.63) is 29.8 Å². The topological polar surface area (TPSA) is 26.0 Å². The van der Waals surface area contributed by atoms with Gasteiger partial charge in [0.1, 0.15) is 0 Å². The van der Waals surface area contributed by atoms with E-state index in [0.29, 0.717) is 0 Å². The van der Waals surface area contributed by atoms with Gasteiger partial charge in [-0.05, 0) is 17.0 Å². The third-order valence-electron chi connectivity index (χ3n) is 2.60. The van der Waals surface area contributed by atoms with E-state index in [2.05, 4.69) is 65.8 Å². The van der Waals surface area contributed by atoms with Gasteiger partial charge in [-0.1, -0.05) is 59.7 Å². The molecule has 0 heterocycles. The maximum Gasteiger partial charge on any atom is 0.0355 e. The molecule has 18 heavy (non-hydrogen) atoms. The van der Waals surface area contributed by atoms with Crippen LogP contribution in [0.3, 0.4) is 0 Å². The Morgan fingerprint density at radius 2 is 1.50 bits per heavy atom. The van der Waals surface area contributed by atoms with E-state index in [4.69, 9.17) is 5.73 Å². The fourth-order valence-corrected chi connectivity index (χ4v) is 2.75. The average Bonchev–Trinajstić information content (AvgIpc) is 2.13. The molecule has 1 rings (SSSR count). The summed E-state index contributed by atoms with van der Waals surface area (Å²) >= 11 is 1.89. The Hall–Kier alpha value is -0.180. The predicted molar refractivity (Wildman–Crippen MR) is 85.7 cm³/mol. The molecule has 1 nitrogen and oxygen atoms in total. The fourth-order valence-electron chi connectivity index (χ4n) is 1.63. The zero-order chi connectivity index (χ0) is 13.3. The minimum atomic E-state index is 0. The zero-order valence-electron chi connectivity index (χ0n) is 12.3. The highest BCUT2D eigenvalue weighted by Crippen LogP contribution is 2.40. The molecule has 0 radical (unpaired) electrons. The van der Waals surface area contributed by atoms with Gasteiger partial charge >= 0.3 is 0 Å². The van der Waals surface area contributed by atoms with Crippen molar-refractivity contribution in [3.63, 3.8) is 0 Å². The lowest BCUT2D eigenvalue weighted by molar-refractivity contribution is 0.323. The summed E-state index contributed by atoms with van der Waals surface area (Å²) in [7, 11) is 0. The van der Waals surface area contributed by atoms with Crippen molar-refractivity contribution in [2.45, 2.75) is 57.2 Å². The largest absolute Gasteiger partial charge is 0.323 e. The smallest absolute Gasteiger partial charge is 0.0355 e. The molecule has 0 saturated carbocycles. The summed E-state index contributed by atoms with van der Waals surface area (Å²) in [6, 6.07) is 8.58. The van der Waals surface area contributed by atoms with Crippen molar-refractivity contribution in [1.82, 2.24) is 0 Å². The van der Waals surface area contributed by atoms with Crippen LogP contribution in [0, 0.1) is 5.41 Å². The van der Waals surface area contributed by atoms with Crippen molar-refractivity contribution in [2.75, 3.05) is 0 Å². The Bertz CT molecular complexity index is 377. The highest BCUT2D eigenvalue weighted by molar-refractivity contribution is 8.00. The van der Waals surface area contributed by atoms with E-state index >= 15 is 0 Å². The average molecular weight is 288 g/mol. The molecule has 2 N–H and O–H groups in total. The normalized spacial score (nSPS) is 13.9. The molecule has 0 saturated heterocycles. The van der Waals surface area contributed by atoms with E-state index < -0.39 is 0 Å². The van der Waals surface area contributed by atoms with Crippen molar-refractivity contribution in [3.8, 4) is 0 Å². The van der Waals surface area contributed by atoms with Crippen LogP contribution in [-0.4, -0.2) is 4.75 Å². The number of halogens is 1. The number of nitrogens with two attached hydrogens (primary N) is 1. The van der Waals surface area contributed by atoms with Gasteiger partial charge in [0.25, 0.3) is 0 Å². The summed E-state index contributed by atoms with van der Waals surface area (Å²) in [5.74, 6) is 0. The van der Waals surface area contributed by atoms with Crippen molar-refractivity contribution in [2.24, 2.45) is 11.1 Å². The molecular formula is C15H26ClNS. The van der Waals surface area contributed by atoms with E-state index in [9.17, 15) is 0 Å².